The predicted molar refractivity (Wildman–Crippen MR) is 249 cm³/mol. The molecule has 2 amide bonds. The lowest BCUT2D eigenvalue weighted by Crippen LogP contribution is -2.70. The zero-order chi connectivity index (χ0) is 50.1. The maximum absolute atomic E-state index is 15.0. The van der Waals surface area contributed by atoms with Gasteiger partial charge >= 0.3 is 18.1 Å². The Bertz CT molecular complexity index is 2310. The van der Waals surface area contributed by atoms with Crippen LogP contribution in [0.3, 0.4) is 0 Å². The Hall–Kier alpha value is -3.79. The van der Waals surface area contributed by atoms with Crippen LogP contribution in [0.2, 0.25) is 0 Å². The van der Waals surface area contributed by atoms with Gasteiger partial charge in [0, 0.05) is 37.5 Å². The van der Waals surface area contributed by atoms with Gasteiger partial charge in [-0.25, -0.2) is 0 Å². The Kier molecular flexibility index (Phi) is 12.3. The van der Waals surface area contributed by atoms with Crippen LogP contribution >= 0.6 is 0 Å². The molecule has 0 spiro atoms. The van der Waals surface area contributed by atoms with E-state index in [-0.39, 0.29) is 75.9 Å². The number of amides is 2. The summed E-state index contributed by atoms with van der Waals surface area (Å²) in [6, 6.07) is 0.771. The summed E-state index contributed by atoms with van der Waals surface area (Å²) in [5.74, 6) is -2.70. The minimum atomic E-state index is -4.77. The number of ether oxygens (including phenoxy) is 2. The van der Waals surface area contributed by atoms with Gasteiger partial charge in [-0.2, -0.15) is 18.3 Å². The Morgan fingerprint density at radius 3 is 2.16 bits per heavy atom. The number of morpholine rings is 1. The van der Waals surface area contributed by atoms with Crippen molar-refractivity contribution in [3.05, 3.63) is 28.6 Å². The van der Waals surface area contributed by atoms with Crippen molar-refractivity contribution >= 4 is 29.5 Å². The first kappa shape index (κ1) is 50.2. The molecule has 13 nitrogen and oxygen atoms in total. The molecule has 0 aromatic carbocycles. The summed E-state index contributed by atoms with van der Waals surface area (Å²) in [5, 5.41) is 19.9. The van der Waals surface area contributed by atoms with Gasteiger partial charge in [0.15, 0.2) is 11.5 Å². The molecular weight excluding hydrogens is 892 g/mol. The van der Waals surface area contributed by atoms with Crippen molar-refractivity contribution in [2.24, 2.45) is 62.6 Å². The van der Waals surface area contributed by atoms with Gasteiger partial charge in [0.25, 0.3) is 5.91 Å². The summed E-state index contributed by atoms with van der Waals surface area (Å²) in [6.07, 6.45) is 3.41. The van der Waals surface area contributed by atoms with E-state index in [2.05, 4.69) is 69.1 Å². The minimum Gasteiger partial charge on any atom is -0.481 e. The summed E-state index contributed by atoms with van der Waals surface area (Å²) in [5.41, 5.74) is -3.20. The number of aromatic nitrogens is 2. The lowest BCUT2D eigenvalue weighted by molar-refractivity contribution is -0.235. The third-order valence-electron chi connectivity index (χ3n) is 20.9. The number of rotatable bonds is 11. The summed E-state index contributed by atoms with van der Waals surface area (Å²) < 4.78 is 55.1. The summed E-state index contributed by atoms with van der Waals surface area (Å²) in [4.78, 5) is 71.2. The quantitative estimate of drug-likeness (QED) is 0.183. The monoisotopic (exact) mass is 968 g/mol. The fraction of sp³-hybridized carbons (Fsp3) is 0.811. The number of hydrogen-bond donors (Lipinski definition) is 3. The number of carbonyl (C=O) groups excluding carboxylic acids is 4. The number of allylic oxidation sites excluding steroid dienone is 1. The third kappa shape index (κ3) is 7.74. The Morgan fingerprint density at radius 2 is 1.55 bits per heavy atom. The molecule has 1 aromatic heterocycles. The zero-order valence-electron chi connectivity index (χ0n) is 42.3. The van der Waals surface area contributed by atoms with E-state index in [0.717, 1.165) is 66.8 Å². The molecule has 3 N–H and O–H groups in total. The smallest absolute Gasteiger partial charge is 0.435 e. The van der Waals surface area contributed by atoms with Crippen LogP contribution in [0.5, 0.6) is 0 Å². The summed E-state index contributed by atoms with van der Waals surface area (Å²) >= 11 is 0. The van der Waals surface area contributed by atoms with Crippen molar-refractivity contribution in [1.82, 2.24) is 25.3 Å². The number of nitrogens with one attached hydrogen (secondary N) is 2. The highest BCUT2D eigenvalue weighted by Gasteiger charge is 2.71. The number of alkyl halides is 3. The number of aliphatic carboxylic acids is 1. The van der Waals surface area contributed by atoms with Crippen LogP contribution in [0.15, 0.2) is 17.2 Å². The Morgan fingerprint density at radius 1 is 0.855 bits per heavy atom. The average Bonchev–Trinajstić information content (AvgIpc) is 3.81. The molecule has 7 aliphatic carbocycles. The molecule has 10 atom stereocenters. The third-order valence-corrected chi connectivity index (χ3v) is 20.9. The topological polar surface area (TPSA) is 169 Å². The maximum Gasteiger partial charge on any atom is 0.435 e. The van der Waals surface area contributed by atoms with E-state index in [1.807, 2.05) is 13.8 Å². The summed E-state index contributed by atoms with van der Waals surface area (Å²) in [6.45, 7) is 22.4. The van der Waals surface area contributed by atoms with E-state index in [1.54, 1.807) is 0 Å². The normalized spacial score (nSPS) is 37.8. The molecular formula is C53H76F3N5O8. The minimum absolute atomic E-state index is 0.0242. The number of carboxylic acids is 1. The Balaban J connectivity index is 0.949. The fourth-order valence-electron chi connectivity index (χ4n) is 16.4. The number of fused-ring (bicyclic) bond motifs is 7. The highest BCUT2D eigenvalue weighted by molar-refractivity contribution is 6.04. The average molecular weight is 968 g/mol. The van der Waals surface area contributed by atoms with Crippen molar-refractivity contribution in [1.29, 1.82) is 0 Å². The van der Waals surface area contributed by atoms with Gasteiger partial charge in [-0.1, -0.05) is 62.3 Å². The molecule has 9 rings (SSSR count). The van der Waals surface area contributed by atoms with Gasteiger partial charge in [-0.05, 0) is 134 Å². The lowest BCUT2D eigenvalue weighted by atomic mass is 9.33. The van der Waals surface area contributed by atoms with Crippen molar-refractivity contribution in [2.75, 3.05) is 32.8 Å². The lowest BCUT2D eigenvalue weighted by Gasteiger charge is -2.72. The molecule has 7 fully saturated rings. The van der Waals surface area contributed by atoms with Gasteiger partial charge < -0.3 is 25.2 Å². The van der Waals surface area contributed by atoms with Gasteiger partial charge in [0.1, 0.15) is 17.3 Å². The van der Waals surface area contributed by atoms with Gasteiger partial charge in [-0.3, -0.25) is 33.6 Å². The van der Waals surface area contributed by atoms with E-state index >= 15 is 0 Å². The molecule has 1 aliphatic heterocycles. The van der Waals surface area contributed by atoms with Crippen LogP contribution in [0.25, 0.3) is 0 Å². The van der Waals surface area contributed by atoms with Gasteiger partial charge in [0.2, 0.25) is 5.91 Å². The van der Waals surface area contributed by atoms with E-state index in [1.165, 1.54) is 0 Å². The van der Waals surface area contributed by atoms with E-state index in [4.69, 9.17) is 9.47 Å². The number of hydrogen-bond acceptors (Lipinski definition) is 9. The summed E-state index contributed by atoms with van der Waals surface area (Å²) in [7, 11) is 0. The zero-order valence-corrected chi connectivity index (χ0v) is 42.3. The van der Waals surface area contributed by atoms with Crippen molar-refractivity contribution in [3.63, 3.8) is 0 Å². The van der Waals surface area contributed by atoms with Crippen LogP contribution in [0, 0.1) is 62.6 Å². The number of carbonyl (C=O) groups is 5. The van der Waals surface area contributed by atoms with E-state index in [9.17, 15) is 42.3 Å². The fourth-order valence-corrected chi connectivity index (χ4v) is 16.4. The second-order valence-electron chi connectivity index (χ2n) is 25.0. The number of halogens is 3. The molecule has 1 aromatic rings. The number of esters is 1. The van der Waals surface area contributed by atoms with Gasteiger partial charge in [-0.15, -0.1) is 0 Å². The second-order valence-corrected chi connectivity index (χ2v) is 25.0. The molecule has 1 saturated heterocycles. The van der Waals surface area contributed by atoms with E-state index in [0.29, 0.717) is 70.9 Å². The maximum atomic E-state index is 15.0. The van der Waals surface area contributed by atoms with Crippen LogP contribution in [-0.4, -0.2) is 99.4 Å². The number of carboxylic acid groups (broad SMARTS) is 1. The number of Topliss-reactive ketones (excluding diaryl/α,β-unsaturated/α-hetero) is 1. The van der Waals surface area contributed by atoms with Crippen molar-refractivity contribution in [3.8, 4) is 0 Å². The van der Waals surface area contributed by atoms with Crippen LogP contribution in [0.4, 0.5) is 13.2 Å². The van der Waals surface area contributed by atoms with Crippen LogP contribution in [-0.2, 0) is 41.4 Å². The molecule has 6 saturated carbocycles. The highest BCUT2D eigenvalue weighted by Crippen LogP contribution is 2.76. The van der Waals surface area contributed by atoms with Crippen LogP contribution < -0.4 is 10.6 Å². The highest BCUT2D eigenvalue weighted by atomic mass is 19.4. The predicted octanol–water partition coefficient (Wildman–Crippen LogP) is 8.39. The Labute approximate surface area is 405 Å². The van der Waals surface area contributed by atoms with Crippen LogP contribution in [0.1, 0.15) is 162 Å². The SMILES string of the molecule is CC(C)C1=C2[C@H]3CC[C@@H]4[C@@]5(C)CC[C@H](OC(=O)[C@H]6C[C@@H](C(=O)O)C6(C)C)C(C)(C)[C@@H]5CC[C@@]4(C)[C@]3(C)CC[C@@]2(NC(=O)C2(NC(=O)c3cc(C(F)(F)F)nn3CCN3CCOCC3)CCC2)CC1=O. The van der Waals surface area contributed by atoms with Crippen molar-refractivity contribution < 1.29 is 51.7 Å². The van der Waals surface area contributed by atoms with Gasteiger partial charge in [0.05, 0.1) is 37.1 Å². The number of nitrogens with zero attached hydrogens (tertiary/aromatic N) is 3. The molecule has 0 radical (unpaired) electrons. The first-order valence-corrected chi connectivity index (χ1v) is 26.0. The molecule has 8 aliphatic rings. The molecule has 16 heteroatoms. The molecule has 2 heterocycles. The first-order valence-electron chi connectivity index (χ1n) is 26.0. The van der Waals surface area contributed by atoms with E-state index < -0.39 is 58.0 Å². The standard InChI is InChI=1S/C53H76F3N5O8/c1-30(2)40-35(62)29-52(58-45(67)51(15-10-16-51)57-42(63)34-28-38(53(54,55)56)59-61(34)22-21-60-23-25-68-26-24-60)20-19-49(8)31(41(40)52)11-12-37-48(7)17-14-39(47(5,6)36(48)13-18-50(37,49)9)69-44(66)33-27-32(43(64)65)46(33,3)4/h28,30-33,36-37,39H,10-27,29H2,1-9H3,(H,57,63)(H,58,67)(H,64,65)/t31-,32+,33-,36+,37-,39+,48+,49-,50-,52-/m1/s1. The molecule has 382 valence electrons. The first-order chi connectivity index (χ1) is 32.1. The molecule has 0 bridgehead atoms. The largest absolute Gasteiger partial charge is 0.481 e. The van der Waals surface area contributed by atoms with Crippen molar-refractivity contribution in [2.45, 2.75) is 176 Å². The second kappa shape index (κ2) is 16.9. The molecule has 0 unspecified atom stereocenters. The number of ketones is 1. The molecule has 69 heavy (non-hydrogen) atoms.